The molecule has 0 aromatic rings. The Morgan fingerprint density at radius 3 is 0.664 bits per heavy atom. The first-order chi connectivity index (χ1) is 51.6. The lowest BCUT2D eigenvalue weighted by molar-refractivity contribution is -0.161. The fourth-order valence-electron chi connectivity index (χ4n) is 13.6. The molecule has 0 fully saturated rings. The summed E-state index contributed by atoms with van der Waals surface area (Å²) in [6.07, 6.45) is 66.8. The van der Waals surface area contributed by atoms with E-state index >= 15 is 0 Å². The van der Waals surface area contributed by atoms with E-state index in [4.69, 9.17) is 37.0 Å². The highest BCUT2D eigenvalue weighted by atomic mass is 31.2. The van der Waals surface area contributed by atoms with Gasteiger partial charge in [-0.25, -0.2) is 9.13 Å². The topological polar surface area (TPSA) is 237 Å². The molecule has 0 rings (SSSR count). The summed E-state index contributed by atoms with van der Waals surface area (Å²) in [7, 11) is -9.93. The molecule has 0 saturated carbocycles. The number of ether oxygens (including phenoxy) is 4. The number of unbranched alkanes of at least 4 members (excludes halogenated alkanes) is 50. The van der Waals surface area contributed by atoms with E-state index in [2.05, 4.69) is 55.4 Å². The van der Waals surface area contributed by atoms with Crippen LogP contribution in [0.5, 0.6) is 0 Å². The van der Waals surface area contributed by atoms with Crippen LogP contribution < -0.4 is 0 Å². The van der Waals surface area contributed by atoms with Crippen LogP contribution in [-0.4, -0.2) is 96.7 Å². The molecule has 3 N–H and O–H groups in total. The number of esters is 4. The second-order valence-electron chi connectivity index (χ2n) is 33.3. The van der Waals surface area contributed by atoms with Gasteiger partial charge in [-0.05, 0) is 49.4 Å². The van der Waals surface area contributed by atoms with Crippen LogP contribution in [0.1, 0.15) is 460 Å². The van der Waals surface area contributed by atoms with Crippen LogP contribution in [-0.2, 0) is 65.4 Å². The van der Waals surface area contributed by atoms with E-state index < -0.39 is 97.5 Å². The molecular formula is C88H172O17P2. The Labute approximate surface area is 658 Å². The molecule has 0 radical (unpaired) electrons. The Kier molecular flexibility index (Phi) is 75.3. The van der Waals surface area contributed by atoms with Crippen molar-refractivity contribution in [3.05, 3.63) is 0 Å². The van der Waals surface area contributed by atoms with Crippen molar-refractivity contribution in [3.63, 3.8) is 0 Å². The van der Waals surface area contributed by atoms with E-state index in [1.54, 1.807) is 0 Å². The summed E-state index contributed by atoms with van der Waals surface area (Å²) in [6.45, 7) is 14.3. The van der Waals surface area contributed by atoms with Gasteiger partial charge in [0.15, 0.2) is 12.2 Å². The van der Waals surface area contributed by atoms with Crippen LogP contribution in [0.2, 0.25) is 0 Å². The summed E-state index contributed by atoms with van der Waals surface area (Å²) in [5.41, 5.74) is 0. The van der Waals surface area contributed by atoms with E-state index in [1.165, 1.54) is 257 Å². The van der Waals surface area contributed by atoms with Crippen molar-refractivity contribution in [2.45, 2.75) is 478 Å². The first-order valence-electron chi connectivity index (χ1n) is 45.2. The second kappa shape index (κ2) is 76.7. The number of aliphatic hydroxyl groups is 1. The Bertz CT molecular complexity index is 2080. The van der Waals surface area contributed by atoms with E-state index in [0.717, 1.165) is 114 Å². The minimum absolute atomic E-state index is 0.107. The highest BCUT2D eigenvalue weighted by Crippen LogP contribution is 2.45. The zero-order valence-electron chi connectivity index (χ0n) is 70.8. The van der Waals surface area contributed by atoms with Crippen LogP contribution in [0.15, 0.2) is 0 Å². The molecule has 6 atom stereocenters. The number of carbonyl (C=O) groups excluding carboxylic acids is 4. The minimum atomic E-state index is -4.97. The third kappa shape index (κ3) is 80.5. The van der Waals surface area contributed by atoms with Gasteiger partial charge in [-0.1, -0.05) is 409 Å². The van der Waals surface area contributed by atoms with E-state index in [-0.39, 0.29) is 25.7 Å². The fraction of sp³-hybridized carbons (Fsp3) is 0.955. The summed E-state index contributed by atoms with van der Waals surface area (Å²) in [5.74, 6) is 1.05. The zero-order valence-corrected chi connectivity index (χ0v) is 72.6. The molecule has 0 aliphatic carbocycles. The van der Waals surface area contributed by atoms with Gasteiger partial charge in [0.2, 0.25) is 0 Å². The lowest BCUT2D eigenvalue weighted by Crippen LogP contribution is -2.30. The maximum Gasteiger partial charge on any atom is 0.472 e. The van der Waals surface area contributed by atoms with Crippen LogP contribution in [0.3, 0.4) is 0 Å². The van der Waals surface area contributed by atoms with Gasteiger partial charge < -0.3 is 33.8 Å². The number of phosphoric acid groups is 2. The predicted octanol–water partition coefficient (Wildman–Crippen LogP) is 26.7. The van der Waals surface area contributed by atoms with Gasteiger partial charge in [0, 0.05) is 25.7 Å². The number of phosphoric ester groups is 2. The Morgan fingerprint density at radius 2 is 0.449 bits per heavy atom. The molecule has 107 heavy (non-hydrogen) atoms. The zero-order chi connectivity index (χ0) is 78.8. The number of hydrogen-bond donors (Lipinski definition) is 3. The smallest absolute Gasteiger partial charge is 0.462 e. The normalized spacial score (nSPS) is 14.1. The fourth-order valence-corrected chi connectivity index (χ4v) is 15.2. The highest BCUT2D eigenvalue weighted by Gasteiger charge is 2.31. The molecule has 0 spiro atoms. The van der Waals surface area contributed by atoms with Crippen molar-refractivity contribution in [3.8, 4) is 0 Å². The van der Waals surface area contributed by atoms with Crippen molar-refractivity contribution in [2.24, 2.45) is 23.7 Å². The van der Waals surface area contributed by atoms with Gasteiger partial charge in [0.25, 0.3) is 0 Å². The Balaban J connectivity index is 5.20. The molecule has 0 bridgehead atoms. The molecule has 636 valence electrons. The molecule has 19 heteroatoms. The van der Waals surface area contributed by atoms with Crippen LogP contribution in [0, 0.1) is 23.7 Å². The Morgan fingerprint density at radius 1 is 0.262 bits per heavy atom. The summed E-state index contributed by atoms with van der Waals surface area (Å²) in [5, 5.41) is 10.7. The van der Waals surface area contributed by atoms with Crippen LogP contribution in [0.4, 0.5) is 0 Å². The summed E-state index contributed by atoms with van der Waals surface area (Å²) in [4.78, 5) is 73.2. The third-order valence-corrected chi connectivity index (χ3v) is 22.8. The lowest BCUT2D eigenvalue weighted by Gasteiger charge is -2.21. The van der Waals surface area contributed by atoms with E-state index in [0.29, 0.717) is 31.6 Å². The average molecular weight is 1560 g/mol. The number of rotatable bonds is 85. The van der Waals surface area contributed by atoms with Gasteiger partial charge in [-0.15, -0.1) is 0 Å². The SMILES string of the molecule is CCC(C)CCCCCCCCCCCCCCCCC(=O)OC[C@H](COP(=O)(O)OCC(O)COP(=O)(O)OC[C@@H](COC(=O)CCCCCCCCC(C)C)OC(=O)CCCCCCCCCCCCCCCCCCCCC(C)C)OC(=O)CCCCCCCCCCCCCCCCCCC(C)C. The second-order valence-corrected chi connectivity index (χ2v) is 36.2. The van der Waals surface area contributed by atoms with Crippen molar-refractivity contribution in [2.75, 3.05) is 39.6 Å². The number of carbonyl (C=O) groups is 4. The highest BCUT2D eigenvalue weighted by molar-refractivity contribution is 7.47. The van der Waals surface area contributed by atoms with Crippen molar-refractivity contribution in [1.82, 2.24) is 0 Å². The van der Waals surface area contributed by atoms with Crippen molar-refractivity contribution < 1.29 is 80.2 Å². The maximum absolute atomic E-state index is 13.2. The quantitative estimate of drug-likeness (QED) is 0.0222. The molecule has 0 heterocycles. The third-order valence-electron chi connectivity index (χ3n) is 20.9. The summed E-state index contributed by atoms with van der Waals surface area (Å²) in [6, 6.07) is 0. The first kappa shape index (κ1) is 105. The van der Waals surface area contributed by atoms with Gasteiger partial charge in [-0.2, -0.15) is 0 Å². The van der Waals surface area contributed by atoms with Crippen LogP contribution >= 0.6 is 15.6 Å². The van der Waals surface area contributed by atoms with Gasteiger partial charge in [0.05, 0.1) is 26.4 Å². The summed E-state index contributed by atoms with van der Waals surface area (Å²) >= 11 is 0. The number of aliphatic hydroxyl groups excluding tert-OH is 1. The average Bonchev–Trinajstić information content (AvgIpc) is 0.899. The van der Waals surface area contributed by atoms with Crippen molar-refractivity contribution in [1.29, 1.82) is 0 Å². The standard InChI is InChI=1S/C88H172O17P2/c1-9-81(8)67-59-51-42-36-30-24-20-21-25-31-37-43-52-60-68-85(90)98-74-83(104-87(92)70-62-55-45-39-33-27-19-15-14-17-23-29-35-41-49-57-65-79(4)5)76-102-106(94,95)100-72-82(89)73-101-107(96,97)103-77-84(75-99-86(91)69-61-53-47-46-50-58-66-80(6)7)105-88(93)71-63-54-44-38-32-26-18-13-11-10-12-16-22-28-34-40-48-56-64-78(2)3/h78-84,89H,9-77H2,1-8H3,(H,94,95)(H,96,97)/t81?,82?,83-,84-/m1/s1. The van der Waals surface area contributed by atoms with E-state index in [9.17, 15) is 43.2 Å². The molecule has 0 aromatic heterocycles. The largest absolute Gasteiger partial charge is 0.472 e. The molecular weight excluding hydrogens is 1390 g/mol. The molecule has 17 nitrogen and oxygen atoms in total. The van der Waals surface area contributed by atoms with E-state index in [1.807, 2.05) is 0 Å². The molecule has 0 aliphatic heterocycles. The lowest BCUT2D eigenvalue weighted by atomic mass is 9.99. The maximum atomic E-state index is 13.2. The molecule has 4 unspecified atom stereocenters. The minimum Gasteiger partial charge on any atom is -0.462 e. The molecule has 0 aromatic carbocycles. The van der Waals surface area contributed by atoms with Crippen LogP contribution in [0.25, 0.3) is 0 Å². The number of hydrogen-bond acceptors (Lipinski definition) is 15. The van der Waals surface area contributed by atoms with Crippen molar-refractivity contribution >= 4 is 39.5 Å². The van der Waals surface area contributed by atoms with Gasteiger partial charge >= 0.3 is 39.5 Å². The van der Waals surface area contributed by atoms with Gasteiger partial charge in [0.1, 0.15) is 19.3 Å². The Hall–Kier alpha value is -1.94. The predicted molar refractivity (Wildman–Crippen MR) is 441 cm³/mol. The van der Waals surface area contributed by atoms with Gasteiger partial charge in [-0.3, -0.25) is 37.3 Å². The molecule has 0 amide bonds. The first-order valence-corrected chi connectivity index (χ1v) is 48.2. The summed E-state index contributed by atoms with van der Waals surface area (Å²) < 4.78 is 68.9. The molecule has 0 aliphatic rings. The monoisotopic (exact) mass is 1560 g/mol. The molecule has 0 saturated heterocycles.